The Morgan fingerprint density at radius 2 is 1.77 bits per heavy atom. The number of Topliss-reactive ketones (excluding diaryl/α,β-unsaturated/α-hetero) is 1. The van der Waals surface area contributed by atoms with E-state index >= 15 is 0 Å². The first kappa shape index (κ1) is 17.7. The van der Waals surface area contributed by atoms with Crippen LogP contribution in [0, 0.1) is 5.82 Å². The summed E-state index contributed by atoms with van der Waals surface area (Å²) in [6, 6.07) is 7.03. The summed E-state index contributed by atoms with van der Waals surface area (Å²) in [5, 5.41) is 9.48. The number of halogens is 1. The Labute approximate surface area is 157 Å². The van der Waals surface area contributed by atoms with E-state index in [0.717, 1.165) is 37.3 Å². The SMILES string of the molecule is O=C1CCCC[C@H]1Sc1nnc(-c2ccccc2F)n1C1CCCCC1. The molecule has 4 nitrogen and oxygen atoms in total. The van der Waals surface area contributed by atoms with Crippen LogP contribution in [0.4, 0.5) is 4.39 Å². The molecule has 1 atom stereocenters. The quantitative estimate of drug-likeness (QED) is 0.740. The fourth-order valence-corrected chi connectivity index (χ4v) is 5.28. The van der Waals surface area contributed by atoms with Crippen molar-refractivity contribution in [2.45, 2.75) is 74.2 Å². The molecule has 1 aromatic carbocycles. The maximum Gasteiger partial charge on any atom is 0.192 e. The van der Waals surface area contributed by atoms with Crippen molar-refractivity contribution in [1.82, 2.24) is 14.8 Å². The van der Waals surface area contributed by atoms with Gasteiger partial charge >= 0.3 is 0 Å². The molecule has 0 saturated heterocycles. The number of ketones is 1. The van der Waals surface area contributed by atoms with Crippen molar-refractivity contribution < 1.29 is 9.18 Å². The van der Waals surface area contributed by atoms with E-state index < -0.39 is 0 Å². The molecule has 1 heterocycles. The zero-order chi connectivity index (χ0) is 17.9. The average Bonchev–Trinajstić information content (AvgIpc) is 3.08. The topological polar surface area (TPSA) is 47.8 Å². The Morgan fingerprint density at radius 3 is 2.54 bits per heavy atom. The smallest absolute Gasteiger partial charge is 0.192 e. The summed E-state index contributed by atoms with van der Waals surface area (Å²) < 4.78 is 16.5. The van der Waals surface area contributed by atoms with Gasteiger partial charge in [0.2, 0.25) is 0 Å². The van der Waals surface area contributed by atoms with E-state index in [-0.39, 0.29) is 17.1 Å². The van der Waals surface area contributed by atoms with Gasteiger partial charge in [-0.3, -0.25) is 9.36 Å². The highest BCUT2D eigenvalue weighted by Gasteiger charge is 2.29. The van der Waals surface area contributed by atoms with E-state index in [9.17, 15) is 9.18 Å². The summed E-state index contributed by atoms with van der Waals surface area (Å²) in [5.41, 5.74) is 0.493. The lowest BCUT2D eigenvalue weighted by Crippen LogP contribution is -2.23. The zero-order valence-corrected chi connectivity index (χ0v) is 15.7. The number of hydrogen-bond acceptors (Lipinski definition) is 4. The predicted molar refractivity (Wildman–Crippen MR) is 101 cm³/mol. The van der Waals surface area contributed by atoms with Crippen LogP contribution in [-0.4, -0.2) is 25.8 Å². The van der Waals surface area contributed by atoms with Gasteiger partial charge in [-0.25, -0.2) is 4.39 Å². The summed E-state index contributed by atoms with van der Waals surface area (Å²) in [5.74, 6) is 0.634. The van der Waals surface area contributed by atoms with Crippen LogP contribution in [-0.2, 0) is 4.79 Å². The van der Waals surface area contributed by atoms with Gasteiger partial charge in [0.1, 0.15) is 11.6 Å². The highest BCUT2D eigenvalue weighted by molar-refractivity contribution is 8.00. The molecule has 2 aliphatic rings. The number of nitrogens with zero attached hydrogens (tertiary/aromatic N) is 3. The molecule has 0 aliphatic heterocycles. The number of thioether (sulfide) groups is 1. The Kier molecular flexibility index (Phi) is 5.38. The number of carbonyl (C=O) groups excluding carboxylic acids is 1. The summed E-state index contributed by atoms with van der Waals surface area (Å²) in [6.07, 6.45) is 9.35. The van der Waals surface area contributed by atoms with Crippen molar-refractivity contribution >= 4 is 17.5 Å². The third-order valence-electron chi connectivity index (χ3n) is 5.47. The van der Waals surface area contributed by atoms with Crippen LogP contribution >= 0.6 is 11.8 Å². The van der Waals surface area contributed by atoms with E-state index in [4.69, 9.17) is 0 Å². The van der Waals surface area contributed by atoms with Crippen LogP contribution in [0.15, 0.2) is 29.4 Å². The van der Waals surface area contributed by atoms with Crippen molar-refractivity contribution in [1.29, 1.82) is 0 Å². The Balaban J connectivity index is 1.71. The lowest BCUT2D eigenvalue weighted by molar-refractivity contribution is -0.119. The number of hydrogen-bond donors (Lipinski definition) is 0. The molecule has 0 N–H and O–H groups in total. The number of rotatable bonds is 4. The van der Waals surface area contributed by atoms with Crippen LogP contribution in [0.2, 0.25) is 0 Å². The minimum atomic E-state index is -0.276. The number of aromatic nitrogens is 3. The molecule has 4 rings (SSSR count). The van der Waals surface area contributed by atoms with E-state index in [1.165, 1.54) is 37.1 Å². The van der Waals surface area contributed by atoms with Crippen LogP contribution in [0.3, 0.4) is 0 Å². The molecule has 2 aromatic rings. The molecule has 0 radical (unpaired) electrons. The van der Waals surface area contributed by atoms with E-state index in [1.54, 1.807) is 12.1 Å². The molecule has 26 heavy (non-hydrogen) atoms. The highest BCUT2D eigenvalue weighted by Crippen LogP contribution is 2.38. The van der Waals surface area contributed by atoms with Crippen molar-refractivity contribution in [3.63, 3.8) is 0 Å². The first-order valence-corrected chi connectivity index (χ1v) is 10.5. The number of carbonyl (C=O) groups is 1. The van der Waals surface area contributed by atoms with Crippen molar-refractivity contribution in [3.05, 3.63) is 30.1 Å². The van der Waals surface area contributed by atoms with Crippen molar-refractivity contribution in [2.24, 2.45) is 0 Å². The van der Waals surface area contributed by atoms with Gasteiger partial charge in [0.15, 0.2) is 11.0 Å². The summed E-state index contributed by atoms with van der Waals surface area (Å²) in [7, 11) is 0. The largest absolute Gasteiger partial charge is 0.299 e. The lowest BCUT2D eigenvalue weighted by atomic mass is 9.95. The van der Waals surface area contributed by atoms with E-state index in [0.29, 0.717) is 23.6 Å². The lowest BCUT2D eigenvalue weighted by Gasteiger charge is -2.27. The molecule has 6 heteroatoms. The first-order valence-electron chi connectivity index (χ1n) is 9.63. The van der Waals surface area contributed by atoms with Crippen LogP contribution in [0.5, 0.6) is 0 Å². The minimum absolute atomic E-state index is 0.0382. The molecule has 138 valence electrons. The van der Waals surface area contributed by atoms with E-state index in [2.05, 4.69) is 14.8 Å². The second-order valence-electron chi connectivity index (χ2n) is 7.27. The number of benzene rings is 1. The second kappa shape index (κ2) is 7.91. The van der Waals surface area contributed by atoms with Crippen LogP contribution < -0.4 is 0 Å². The van der Waals surface area contributed by atoms with Crippen molar-refractivity contribution in [2.75, 3.05) is 0 Å². The molecular weight excluding hydrogens is 349 g/mol. The molecule has 0 bridgehead atoms. The summed E-state index contributed by atoms with van der Waals surface area (Å²) >= 11 is 1.53. The summed E-state index contributed by atoms with van der Waals surface area (Å²) in [4.78, 5) is 12.3. The Hall–Kier alpha value is -1.69. The predicted octanol–water partition coefficient (Wildman–Crippen LogP) is 5.19. The molecular formula is C20H24FN3OS. The second-order valence-corrected chi connectivity index (χ2v) is 8.44. The molecule has 2 saturated carbocycles. The Bertz CT molecular complexity index is 785. The van der Waals surface area contributed by atoms with Gasteiger partial charge in [0.05, 0.1) is 10.8 Å². The standard InChI is InChI=1S/C20H24FN3OS/c21-16-11-5-4-10-15(16)19-22-23-20(24(19)14-8-2-1-3-9-14)26-18-13-7-6-12-17(18)25/h4-5,10-11,14,18H,1-3,6-9,12-13H2/t18-/m1/s1. The van der Waals surface area contributed by atoms with Crippen LogP contribution in [0.1, 0.15) is 63.8 Å². The third-order valence-corrected chi connectivity index (χ3v) is 6.74. The average molecular weight is 373 g/mol. The third kappa shape index (κ3) is 3.56. The highest BCUT2D eigenvalue weighted by atomic mass is 32.2. The molecule has 0 unspecified atom stereocenters. The fraction of sp³-hybridized carbons (Fsp3) is 0.550. The van der Waals surface area contributed by atoms with Gasteiger partial charge in [-0.1, -0.05) is 49.6 Å². The maximum atomic E-state index is 14.4. The Morgan fingerprint density at radius 1 is 1.00 bits per heavy atom. The van der Waals surface area contributed by atoms with E-state index in [1.807, 2.05) is 6.07 Å². The van der Waals surface area contributed by atoms with Gasteiger partial charge in [-0.05, 0) is 37.8 Å². The van der Waals surface area contributed by atoms with Crippen LogP contribution in [0.25, 0.3) is 11.4 Å². The molecule has 1 aromatic heterocycles. The first-order chi connectivity index (χ1) is 12.7. The maximum absolute atomic E-state index is 14.4. The van der Waals surface area contributed by atoms with Gasteiger partial charge in [-0.15, -0.1) is 10.2 Å². The normalized spacial score (nSPS) is 21.9. The monoisotopic (exact) mass is 373 g/mol. The molecule has 2 fully saturated rings. The van der Waals surface area contributed by atoms with Gasteiger partial charge in [0.25, 0.3) is 0 Å². The minimum Gasteiger partial charge on any atom is -0.299 e. The molecule has 2 aliphatic carbocycles. The van der Waals surface area contributed by atoms with Gasteiger partial charge in [0, 0.05) is 12.5 Å². The molecule has 0 spiro atoms. The van der Waals surface area contributed by atoms with Crippen molar-refractivity contribution in [3.8, 4) is 11.4 Å². The fourth-order valence-electron chi connectivity index (χ4n) is 4.05. The van der Waals surface area contributed by atoms with Gasteiger partial charge in [-0.2, -0.15) is 0 Å². The summed E-state index contributed by atoms with van der Waals surface area (Å²) in [6.45, 7) is 0. The van der Waals surface area contributed by atoms with Gasteiger partial charge < -0.3 is 0 Å². The zero-order valence-electron chi connectivity index (χ0n) is 14.9. The molecule has 0 amide bonds.